The van der Waals surface area contributed by atoms with E-state index in [2.05, 4.69) is 19.8 Å². The number of aromatic hydroxyl groups is 1. The summed E-state index contributed by atoms with van der Waals surface area (Å²) in [6.45, 7) is 5.36. The van der Waals surface area contributed by atoms with Gasteiger partial charge < -0.3 is 19.5 Å². The van der Waals surface area contributed by atoms with Crippen LogP contribution in [0.5, 0.6) is 11.8 Å². The molecular weight excluding hydrogens is 607 g/mol. The first-order valence-electron chi connectivity index (χ1n) is 16.8. The van der Waals surface area contributed by atoms with Crippen LogP contribution in [0.4, 0.5) is 19.0 Å². The Balaban J connectivity index is 1.27. The summed E-state index contributed by atoms with van der Waals surface area (Å²) < 4.78 is 58.5. The Morgan fingerprint density at radius 2 is 1.96 bits per heavy atom. The molecule has 0 radical (unpaired) electrons. The lowest BCUT2D eigenvalue weighted by molar-refractivity contribution is 0.0773. The lowest BCUT2D eigenvalue weighted by Crippen LogP contribution is -2.45. The first-order chi connectivity index (χ1) is 22.7. The molecule has 47 heavy (non-hydrogen) atoms. The fraction of sp³-hybridized carbons (Fsp3) is 0.528. The zero-order valence-corrected chi connectivity index (χ0v) is 26.9. The van der Waals surface area contributed by atoms with Gasteiger partial charge in [-0.05, 0) is 85.5 Å². The summed E-state index contributed by atoms with van der Waals surface area (Å²) >= 11 is 0. The molecule has 8 rings (SSSR count). The predicted octanol–water partition coefficient (Wildman–Crippen LogP) is 6.60. The van der Waals surface area contributed by atoms with Gasteiger partial charge in [-0.25, -0.2) is 13.2 Å². The number of alkyl halides is 1. The molecule has 3 unspecified atom stereocenters. The Kier molecular flexibility index (Phi) is 7.48. The first-order valence-corrected chi connectivity index (χ1v) is 16.8. The summed E-state index contributed by atoms with van der Waals surface area (Å²) in [6.07, 6.45) is 6.44. The maximum atomic E-state index is 17.0. The summed E-state index contributed by atoms with van der Waals surface area (Å²) in [5.74, 6) is -0.179. The maximum absolute atomic E-state index is 17.0. The maximum Gasteiger partial charge on any atom is 0.319 e. The van der Waals surface area contributed by atoms with Gasteiger partial charge in [0.25, 0.3) is 0 Å². The minimum absolute atomic E-state index is 0.0215. The molecule has 11 heteroatoms. The number of ether oxygens (including phenoxy) is 2. The minimum atomic E-state index is -0.909. The van der Waals surface area contributed by atoms with Gasteiger partial charge in [-0.2, -0.15) is 9.97 Å². The molecule has 8 nitrogen and oxygen atoms in total. The van der Waals surface area contributed by atoms with Crippen molar-refractivity contribution in [2.45, 2.75) is 63.6 Å². The number of halogens is 3. The van der Waals surface area contributed by atoms with Crippen molar-refractivity contribution in [1.29, 1.82) is 0 Å². The van der Waals surface area contributed by atoms with E-state index in [0.29, 0.717) is 66.0 Å². The molecule has 0 spiro atoms. The van der Waals surface area contributed by atoms with Gasteiger partial charge in [-0.15, -0.1) is 0 Å². The average molecular weight is 648 g/mol. The van der Waals surface area contributed by atoms with Crippen LogP contribution < -0.4 is 9.64 Å². The van der Waals surface area contributed by atoms with Crippen molar-refractivity contribution in [1.82, 2.24) is 19.9 Å². The molecule has 4 fully saturated rings. The number of piperidine rings is 1. The molecular formula is C36H40F3N5O3. The van der Waals surface area contributed by atoms with Crippen LogP contribution in [0.1, 0.15) is 51.0 Å². The van der Waals surface area contributed by atoms with Crippen LogP contribution in [0.3, 0.4) is 0 Å². The molecule has 3 saturated heterocycles. The zero-order valence-electron chi connectivity index (χ0n) is 26.9. The molecule has 4 atom stereocenters. The summed E-state index contributed by atoms with van der Waals surface area (Å²) in [5.41, 5.74) is 0.256. The van der Waals surface area contributed by atoms with E-state index >= 15 is 8.78 Å². The van der Waals surface area contributed by atoms with Crippen LogP contribution in [-0.2, 0) is 11.2 Å². The molecule has 1 saturated carbocycles. The Morgan fingerprint density at radius 3 is 2.79 bits per heavy atom. The number of pyridine rings is 1. The molecule has 4 aromatic rings. The van der Waals surface area contributed by atoms with E-state index in [4.69, 9.17) is 14.5 Å². The Labute approximate surface area is 271 Å². The standard InChI is InChI=1S/C36H40F3N5O3/c1-3-25-28(38)6-5-22-11-24(45)12-26(29(22)25)31-30(39)32-27(15-40-31)33(43-16-21-7-9-35(13-21,18-43)19-46-2)42-34(41-32)47-20-36-8-4-10-44(36)17-23(37)14-36/h5-6,11-12,15,21,23,45H,3-4,7-10,13-14,16-20H2,1-2H3/t21?,23-,35?,36?/m1/s1. The van der Waals surface area contributed by atoms with E-state index in [1.807, 2.05) is 6.92 Å². The van der Waals surface area contributed by atoms with Crippen molar-refractivity contribution in [2.75, 3.05) is 51.4 Å². The molecule has 2 bridgehead atoms. The summed E-state index contributed by atoms with van der Waals surface area (Å²) in [6, 6.07) is 5.94. The number of nitrogens with zero attached hydrogens (tertiary/aromatic N) is 5. The van der Waals surface area contributed by atoms with Crippen molar-refractivity contribution in [3.8, 4) is 23.0 Å². The molecule has 1 aliphatic carbocycles. The SMILES string of the molecule is CCc1c(F)ccc2cc(O)cc(-c3ncc4c(N5CC6CCC(COC)(C6)C5)nc(OCC56CCCN5C[C@H](F)C6)nc4c3F)c12. The fourth-order valence-corrected chi connectivity index (χ4v) is 9.25. The molecule has 4 aliphatic rings. The normalized spacial score (nSPS) is 27.3. The predicted molar refractivity (Wildman–Crippen MR) is 174 cm³/mol. The third kappa shape index (κ3) is 5.08. The highest BCUT2D eigenvalue weighted by Gasteiger charge is 2.50. The highest BCUT2D eigenvalue weighted by atomic mass is 19.1. The highest BCUT2D eigenvalue weighted by Crippen LogP contribution is 2.49. The number of hydrogen-bond acceptors (Lipinski definition) is 8. The van der Waals surface area contributed by atoms with Crippen LogP contribution >= 0.6 is 0 Å². The molecule has 5 heterocycles. The molecule has 0 amide bonds. The second-order valence-electron chi connectivity index (χ2n) is 14.3. The number of rotatable bonds is 8. The van der Waals surface area contributed by atoms with Crippen molar-refractivity contribution < 1.29 is 27.8 Å². The molecule has 248 valence electrons. The van der Waals surface area contributed by atoms with Crippen LogP contribution in [0.2, 0.25) is 0 Å². The Morgan fingerprint density at radius 1 is 1.09 bits per heavy atom. The number of hydrogen-bond donors (Lipinski definition) is 1. The van der Waals surface area contributed by atoms with Crippen LogP contribution in [-0.4, -0.2) is 83.2 Å². The summed E-state index contributed by atoms with van der Waals surface area (Å²) in [4.78, 5) is 18.5. The molecule has 1 N–H and O–H groups in total. The lowest BCUT2D eigenvalue weighted by atomic mass is 9.82. The van der Waals surface area contributed by atoms with Gasteiger partial charge in [0.1, 0.15) is 41.4 Å². The van der Waals surface area contributed by atoms with E-state index in [1.165, 1.54) is 12.1 Å². The quantitative estimate of drug-likeness (QED) is 0.229. The van der Waals surface area contributed by atoms with Crippen molar-refractivity contribution >= 4 is 27.5 Å². The van der Waals surface area contributed by atoms with Gasteiger partial charge in [0.2, 0.25) is 0 Å². The monoisotopic (exact) mass is 647 g/mol. The summed E-state index contributed by atoms with van der Waals surface area (Å²) in [7, 11) is 1.73. The van der Waals surface area contributed by atoms with E-state index < -0.39 is 23.3 Å². The number of anilines is 1. The first kappa shape index (κ1) is 30.6. The van der Waals surface area contributed by atoms with Crippen LogP contribution in [0.25, 0.3) is 32.9 Å². The van der Waals surface area contributed by atoms with Crippen molar-refractivity contribution in [3.63, 3.8) is 0 Å². The molecule has 3 aliphatic heterocycles. The average Bonchev–Trinajstić information content (AvgIpc) is 3.68. The van der Waals surface area contributed by atoms with E-state index in [-0.39, 0.29) is 40.6 Å². The second kappa shape index (κ2) is 11.5. The van der Waals surface area contributed by atoms with Gasteiger partial charge in [0.15, 0.2) is 5.82 Å². The number of phenolic OH excluding ortho intramolecular Hbond substituents is 1. The van der Waals surface area contributed by atoms with Crippen LogP contribution in [0, 0.1) is 23.0 Å². The number of methoxy groups -OCH3 is 1. The van der Waals surface area contributed by atoms with E-state index in [1.54, 1.807) is 25.4 Å². The lowest BCUT2D eigenvalue weighted by Gasteiger charge is -2.41. The van der Waals surface area contributed by atoms with Gasteiger partial charge in [0, 0.05) is 50.3 Å². The highest BCUT2D eigenvalue weighted by molar-refractivity contribution is 6.01. The second-order valence-corrected chi connectivity index (χ2v) is 14.3. The third-order valence-electron chi connectivity index (χ3n) is 11.2. The zero-order chi connectivity index (χ0) is 32.5. The number of fused-ring (bicyclic) bond motifs is 5. The topological polar surface area (TPSA) is 83.8 Å². The smallest absolute Gasteiger partial charge is 0.319 e. The fourth-order valence-electron chi connectivity index (χ4n) is 9.25. The Bertz CT molecular complexity index is 1870. The number of benzene rings is 2. The third-order valence-corrected chi connectivity index (χ3v) is 11.2. The Hall–Kier alpha value is -3.70. The van der Waals surface area contributed by atoms with E-state index in [9.17, 15) is 9.50 Å². The van der Waals surface area contributed by atoms with Gasteiger partial charge >= 0.3 is 6.01 Å². The molecule has 2 aromatic heterocycles. The van der Waals surface area contributed by atoms with Crippen LogP contribution in [0.15, 0.2) is 30.5 Å². The number of aryl methyl sites for hydroxylation is 1. The summed E-state index contributed by atoms with van der Waals surface area (Å²) in [5, 5.41) is 12.2. The number of phenols is 1. The van der Waals surface area contributed by atoms with Gasteiger partial charge in [-0.1, -0.05) is 13.0 Å². The van der Waals surface area contributed by atoms with Gasteiger partial charge in [0.05, 0.1) is 17.5 Å². The van der Waals surface area contributed by atoms with Crippen molar-refractivity contribution in [3.05, 3.63) is 47.7 Å². The van der Waals surface area contributed by atoms with Gasteiger partial charge in [-0.3, -0.25) is 9.88 Å². The van der Waals surface area contributed by atoms with E-state index in [0.717, 1.165) is 45.2 Å². The molecule has 2 aromatic carbocycles. The largest absolute Gasteiger partial charge is 0.508 e. The van der Waals surface area contributed by atoms with Crippen molar-refractivity contribution in [2.24, 2.45) is 11.3 Å². The number of aromatic nitrogens is 3. The minimum Gasteiger partial charge on any atom is -0.508 e.